The molecule has 28 heavy (non-hydrogen) atoms. The van der Waals surface area contributed by atoms with Crippen LogP contribution in [0.1, 0.15) is 39.2 Å². The number of nitrogens with one attached hydrogen (secondary N) is 1. The third kappa shape index (κ3) is 3.77. The Morgan fingerprint density at radius 1 is 0.821 bits per heavy atom. The van der Waals surface area contributed by atoms with E-state index in [-0.39, 0.29) is 0 Å². The SMILES string of the molecule is CC1=C(C)C(C)=C(CC(=NNc2ccc3ccccc3c2)c2ccccc2)C1. The predicted molar refractivity (Wildman–Crippen MR) is 121 cm³/mol. The van der Waals surface area contributed by atoms with Gasteiger partial charge in [0.2, 0.25) is 0 Å². The quantitative estimate of drug-likeness (QED) is 0.378. The first kappa shape index (κ1) is 18.2. The summed E-state index contributed by atoms with van der Waals surface area (Å²) in [6.45, 7) is 6.70. The van der Waals surface area contributed by atoms with E-state index in [0.717, 1.165) is 24.2 Å². The fourth-order valence-corrected chi connectivity index (χ4v) is 3.80. The van der Waals surface area contributed by atoms with Gasteiger partial charge in [-0.1, -0.05) is 71.8 Å². The fraction of sp³-hybridized carbons (Fsp3) is 0.192. The standard InChI is InChI=1S/C26H26N2/c1-18-15-24(20(3)19(18)2)17-26(22-10-5-4-6-11-22)28-27-25-14-13-21-9-7-8-12-23(21)16-25/h4-14,16,27H,15,17H2,1-3H3. The second kappa shape index (κ2) is 7.85. The predicted octanol–water partition coefficient (Wildman–Crippen LogP) is 7.10. The van der Waals surface area contributed by atoms with Gasteiger partial charge in [0.1, 0.15) is 0 Å². The first-order chi connectivity index (χ1) is 13.6. The molecular formula is C26H26N2. The van der Waals surface area contributed by atoms with Gasteiger partial charge >= 0.3 is 0 Å². The van der Waals surface area contributed by atoms with Gasteiger partial charge in [0.15, 0.2) is 0 Å². The number of fused-ring (bicyclic) bond motifs is 1. The fourth-order valence-electron chi connectivity index (χ4n) is 3.80. The summed E-state index contributed by atoms with van der Waals surface area (Å²) in [5, 5.41) is 7.29. The lowest BCUT2D eigenvalue weighted by atomic mass is 9.98. The van der Waals surface area contributed by atoms with Crippen molar-refractivity contribution < 1.29 is 0 Å². The molecule has 4 rings (SSSR count). The van der Waals surface area contributed by atoms with Gasteiger partial charge in [-0.3, -0.25) is 5.43 Å². The molecule has 1 N–H and O–H groups in total. The van der Waals surface area contributed by atoms with E-state index in [4.69, 9.17) is 5.10 Å². The van der Waals surface area contributed by atoms with Crippen molar-refractivity contribution in [3.8, 4) is 0 Å². The van der Waals surface area contributed by atoms with Gasteiger partial charge in [-0.05, 0) is 66.8 Å². The van der Waals surface area contributed by atoms with Crippen molar-refractivity contribution in [2.75, 3.05) is 5.43 Å². The highest BCUT2D eigenvalue weighted by Gasteiger charge is 2.18. The molecule has 1 aliphatic carbocycles. The molecule has 0 aromatic heterocycles. The van der Waals surface area contributed by atoms with Crippen LogP contribution in [0.3, 0.4) is 0 Å². The van der Waals surface area contributed by atoms with Gasteiger partial charge in [-0.25, -0.2) is 0 Å². The zero-order valence-corrected chi connectivity index (χ0v) is 16.8. The number of rotatable bonds is 5. The molecule has 0 heterocycles. The van der Waals surface area contributed by atoms with Gasteiger partial charge < -0.3 is 0 Å². The maximum atomic E-state index is 4.83. The lowest BCUT2D eigenvalue weighted by Crippen LogP contribution is -2.06. The Labute approximate surface area is 167 Å². The summed E-state index contributed by atoms with van der Waals surface area (Å²) >= 11 is 0. The van der Waals surface area contributed by atoms with E-state index in [0.29, 0.717) is 0 Å². The van der Waals surface area contributed by atoms with Crippen LogP contribution < -0.4 is 5.43 Å². The molecule has 1 aliphatic rings. The van der Waals surface area contributed by atoms with Crippen molar-refractivity contribution >= 4 is 22.2 Å². The molecule has 0 spiro atoms. The van der Waals surface area contributed by atoms with E-state index >= 15 is 0 Å². The molecule has 0 amide bonds. The highest BCUT2D eigenvalue weighted by Crippen LogP contribution is 2.34. The van der Waals surface area contributed by atoms with E-state index in [1.165, 1.54) is 38.6 Å². The maximum absolute atomic E-state index is 4.83. The molecule has 140 valence electrons. The Hall–Kier alpha value is -3.13. The highest BCUT2D eigenvalue weighted by atomic mass is 15.3. The van der Waals surface area contributed by atoms with E-state index in [9.17, 15) is 0 Å². The van der Waals surface area contributed by atoms with Gasteiger partial charge in [-0.2, -0.15) is 5.10 Å². The van der Waals surface area contributed by atoms with Crippen molar-refractivity contribution in [1.29, 1.82) is 0 Å². The van der Waals surface area contributed by atoms with Crippen LogP contribution in [0.5, 0.6) is 0 Å². The van der Waals surface area contributed by atoms with Crippen LogP contribution in [0, 0.1) is 0 Å². The number of benzene rings is 3. The second-order valence-corrected chi connectivity index (χ2v) is 7.59. The molecule has 3 aromatic rings. The lowest BCUT2D eigenvalue weighted by Gasteiger charge is -2.11. The third-order valence-electron chi connectivity index (χ3n) is 5.77. The number of anilines is 1. The largest absolute Gasteiger partial charge is 0.278 e. The Balaban J connectivity index is 1.63. The average Bonchev–Trinajstić information content (AvgIpc) is 2.98. The van der Waals surface area contributed by atoms with E-state index in [1.807, 2.05) is 6.07 Å². The molecule has 2 heteroatoms. The van der Waals surface area contributed by atoms with Crippen molar-refractivity contribution in [1.82, 2.24) is 0 Å². The van der Waals surface area contributed by atoms with E-state index < -0.39 is 0 Å². The molecule has 0 bridgehead atoms. The number of hydrazone groups is 1. The molecule has 0 saturated carbocycles. The second-order valence-electron chi connectivity index (χ2n) is 7.59. The summed E-state index contributed by atoms with van der Waals surface area (Å²) in [7, 11) is 0. The van der Waals surface area contributed by atoms with E-state index in [2.05, 4.69) is 92.9 Å². The highest BCUT2D eigenvalue weighted by molar-refractivity contribution is 6.02. The first-order valence-electron chi connectivity index (χ1n) is 9.84. The smallest absolute Gasteiger partial charge is 0.0720 e. The summed E-state index contributed by atoms with van der Waals surface area (Å²) in [6, 6.07) is 25.2. The number of allylic oxidation sites excluding steroid dienone is 4. The Morgan fingerprint density at radius 2 is 1.54 bits per heavy atom. The molecule has 2 nitrogen and oxygen atoms in total. The van der Waals surface area contributed by atoms with Crippen molar-refractivity contribution in [3.63, 3.8) is 0 Å². The number of hydrogen-bond acceptors (Lipinski definition) is 2. The molecular weight excluding hydrogens is 340 g/mol. The zero-order chi connectivity index (χ0) is 19.5. The lowest BCUT2D eigenvalue weighted by molar-refractivity contribution is 1.08. The van der Waals surface area contributed by atoms with Crippen LogP contribution in [-0.4, -0.2) is 5.71 Å². The molecule has 0 unspecified atom stereocenters. The Morgan fingerprint density at radius 3 is 2.25 bits per heavy atom. The minimum Gasteiger partial charge on any atom is -0.278 e. The topological polar surface area (TPSA) is 24.4 Å². The van der Waals surface area contributed by atoms with Crippen molar-refractivity contribution in [3.05, 3.63) is 101 Å². The zero-order valence-electron chi connectivity index (χ0n) is 16.8. The van der Waals surface area contributed by atoms with Crippen LogP contribution in [0.15, 0.2) is 100 Å². The van der Waals surface area contributed by atoms with Crippen LogP contribution in [0.4, 0.5) is 5.69 Å². The number of nitrogens with zero attached hydrogens (tertiary/aromatic N) is 1. The first-order valence-corrected chi connectivity index (χ1v) is 9.84. The van der Waals surface area contributed by atoms with Gasteiger partial charge in [0.05, 0.1) is 11.4 Å². The number of hydrogen-bond donors (Lipinski definition) is 1. The van der Waals surface area contributed by atoms with Crippen LogP contribution >= 0.6 is 0 Å². The maximum Gasteiger partial charge on any atom is 0.0720 e. The third-order valence-corrected chi connectivity index (χ3v) is 5.77. The monoisotopic (exact) mass is 366 g/mol. The van der Waals surface area contributed by atoms with Crippen LogP contribution in [-0.2, 0) is 0 Å². The van der Waals surface area contributed by atoms with Crippen molar-refractivity contribution in [2.45, 2.75) is 33.6 Å². The summed E-state index contributed by atoms with van der Waals surface area (Å²) in [5.41, 5.74) is 12.3. The van der Waals surface area contributed by atoms with Gasteiger partial charge in [0.25, 0.3) is 0 Å². The molecule has 0 radical (unpaired) electrons. The summed E-state index contributed by atoms with van der Waals surface area (Å²) in [5.74, 6) is 0. The molecule has 0 fully saturated rings. The minimum atomic E-state index is 0.866. The van der Waals surface area contributed by atoms with Crippen LogP contribution in [0.2, 0.25) is 0 Å². The summed E-state index contributed by atoms with van der Waals surface area (Å²) in [6.07, 6.45) is 1.92. The minimum absolute atomic E-state index is 0.866. The summed E-state index contributed by atoms with van der Waals surface area (Å²) < 4.78 is 0. The van der Waals surface area contributed by atoms with Gasteiger partial charge in [0, 0.05) is 6.42 Å². The average molecular weight is 367 g/mol. The Bertz CT molecular complexity index is 1100. The molecule has 0 atom stereocenters. The van der Waals surface area contributed by atoms with Crippen molar-refractivity contribution in [2.24, 2.45) is 5.10 Å². The molecule has 3 aromatic carbocycles. The van der Waals surface area contributed by atoms with Crippen LogP contribution in [0.25, 0.3) is 10.8 Å². The summed E-state index contributed by atoms with van der Waals surface area (Å²) in [4.78, 5) is 0. The van der Waals surface area contributed by atoms with E-state index in [1.54, 1.807) is 0 Å². The van der Waals surface area contributed by atoms with Gasteiger partial charge in [-0.15, -0.1) is 0 Å². The molecule has 0 saturated heterocycles. The molecule has 0 aliphatic heterocycles. The normalized spacial score (nSPS) is 14.9. The Kier molecular flexibility index (Phi) is 5.12.